The molecule has 18 heavy (non-hydrogen) atoms. The fourth-order valence-corrected chi connectivity index (χ4v) is 2.43. The van der Waals surface area contributed by atoms with Crippen molar-refractivity contribution in [1.82, 2.24) is 0 Å². The Morgan fingerprint density at radius 2 is 2.11 bits per heavy atom. The lowest BCUT2D eigenvalue weighted by molar-refractivity contribution is -0.120. The minimum absolute atomic E-state index is 0.0411. The molecule has 1 heterocycles. The lowest BCUT2D eigenvalue weighted by atomic mass is 9.91. The first-order valence-corrected chi connectivity index (χ1v) is 5.98. The van der Waals surface area contributed by atoms with Crippen molar-refractivity contribution in [2.45, 2.75) is 25.3 Å². The lowest BCUT2D eigenvalue weighted by Gasteiger charge is -2.36. The summed E-state index contributed by atoms with van der Waals surface area (Å²) < 4.78 is 0. The van der Waals surface area contributed by atoms with Crippen molar-refractivity contribution in [3.63, 3.8) is 0 Å². The second-order valence-electron chi connectivity index (χ2n) is 5.12. The zero-order chi connectivity index (χ0) is 12.9. The van der Waals surface area contributed by atoms with Gasteiger partial charge in [-0.1, -0.05) is 0 Å². The van der Waals surface area contributed by atoms with Gasteiger partial charge in [0.25, 0.3) is 0 Å². The molecule has 3 rings (SSSR count). The van der Waals surface area contributed by atoms with Crippen LogP contribution in [0.15, 0.2) is 18.2 Å². The van der Waals surface area contributed by atoms with E-state index in [0.717, 1.165) is 12.8 Å². The van der Waals surface area contributed by atoms with Crippen LogP contribution in [0, 0.1) is 5.92 Å². The molecule has 5 nitrogen and oxygen atoms in total. The van der Waals surface area contributed by atoms with Crippen LogP contribution in [0.25, 0.3) is 0 Å². The zero-order valence-corrected chi connectivity index (χ0v) is 9.99. The number of carbonyl (C=O) groups is 2. The maximum atomic E-state index is 12.1. The predicted molar refractivity (Wildman–Crippen MR) is 66.8 cm³/mol. The molecule has 1 amide bonds. The van der Waals surface area contributed by atoms with E-state index in [1.807, 2.05) is 6.92 Å². The normalized spacial score (nSPS) is 25.9. The van der Waals surface area contributed by atoms with Gasteiger partial charge in [0.2, 0.25) is 5.91 Å². The van der Waals surface area contributed by atoms with E-state index in [-0.39, 0.29) is 11.5 Å². The van der Waals surface area contributed by atoms with Crippen molar-refractivity contribution in [2.75, 3.05) is 10.6 Å². The molecule has 0 saturated heterocycles. The SMILES string of the molecule is CC1(C2CC2)Nc2cc(C(=O)O)ccc2NC1=O. The Labute approximate surface area is 104 Å². The Morgan fingerprint density at radius 1 is 1.39 bits per heavy atom. The molecule has 0 radical (unpaired) electrons. The summed E-state index contributed by atoms with van der Waals surface area (Å²) in [6, 6.07) is 4.68. The summed E-state index contributed by atoms with van der Waals surface area (Å²) in [5.41, 5.74) is 0.923. The number of carboxylic acid groups (broad SMARTS) is 1. The number of carboxylic acids is 1. The van der Waals surface area contributed by atoms with Crippen LogP contribution in [0.3, 0.4) is 0 Å². The Balaban J connectivity index is 2.01. The molecule has 1 aromatic rings. The molecule has 2 aliphatic rings. The molecule has 3 N–H and O–H groups in total. The maximum absolute atomic E-state index is 12.1. The van der Waals surface area contributed by atoms with Crippen LogP contribution in [0.2, 0.25) is 0 Å². The number of fused-ring (bicyclic) bond motifs is 1. The van der Waals surface area contributed by atoms with Gasteiger partial charge in [0, 0.05) is 0 Å². The molecule has 1 saturated carbocycles. The summed E-state index contributed by atoms with van der Waals surface area (Å²) in [4.78, 5) is 23.0. The maximum Gasteiger partial charge on any atom is 0.335 e. The number of hydrogen-bond donors (Lipinski definition) is 3. The number of benzene rings is 1. The number of hydrogen-bond acceptors (Lipinski definition) is 3. The number of anilines is 2. The highest BCUT2D eigenvalue weighted by Gasteiger charge is 2.49. The fraction of sp³-hybridized carbons (Fsp3) is 0.385. The fourth-order valence-electron chi connectivity index (χ4n) is 2.43. The summed E-state index contributed by atoms with van der Waals surface area (Å²) in [5.74, 6) is -0.677. The number of aromatic carboxylic acids is 1. The lowest BCUT2D eigenvalue weighted by Crippen LogP contribution is -2.51. The van der Waals surface area contributed by atoms with Gasteiger partial charge in [0.15, 0.2) is 0 Å². The molecule has 1 fully saturated rings. The molecule has 0 aromatic heterocycles. The van der Waals surface area contributed by atoms with E-state index in [1.54, 1.807) is 12.1 Å². The van der Waals surface area contributed by atoms with Gasteiger partial charge in [-0.25, -0.2) is 4.79 Å². The first-order valence-electron chi connectivity index (χ1n) is 5.98. The highest BCUT2D eigenvalue weighted by Crippen LogP contribution is 2.45. The molecule has 1 aliphatic heterocycles. The third-order valence-corrected chi connectivity index (χ3v) is 3.77. The predicted octanol–water partition coefficient (Wildman–Crippen LogP) is 1.92. The van der Waals surface area contributed by atoms with Crippen LogP contribution in [0.1, 0.15) is 30.1 Å². The summed E-state index contributed by atoms with van der Waals surface area (Å²) in [6.45, 7) is 1.87. The molecule has 0 bridgehead atoms. The average Bonchev–Trinajstić information content (AvgIpc) is 3.14. The molecule has 1 aliphatic carbocycles. The minimum Gasteiger partial charge on any atom is -0.478 e. The summed E-state index contributed by atoms with van der Waals surface area (Å²) in [5, 5.41) is 15.0. The first kappa shape index (κ1) is 11.1. The molecule has 5 heteroatoms. The second-order valence-corrected chi connectivity index (χ2v) is 5.12. The standard InChI is InChI=1S/C13H14N2O3/c1-13(8-3-4-8)12(18)14-9-5-2-7(11(16)17)6-10(9)15-13/h2,5-6,8,15H,3-4H2,1H3,(H,14,18)(H,16,17). The van der Waals surface area contributed by atoms with Gasteiger partial charge in [-0.15, -0.1) is 0 Å². The number of amides is 1. The number of rotatable bonds is 2. The Bertz CT molecular complexity index is 551. The van der Waals surface area contributed by atoms with Crippen molar-refractivity contribution < 1.29 is 14.7 Å². The highest BCUT2D eigenvalue weighted by molar-refractivity contribution is 6.07. The van der Waals surface area contributed by atoms with Gasteiger partial charge in [0.1, 0.15) is 5.54 Å². The van der Waals surface area contributed by atoms with Crippen molar-refractivity contribution in [1.29, 1.82) is 0 Å². The first-order chi connectivity index (χ1) is 8.50. The van der Waals surface area contributed by atoms with E-state index in [1.165, 1.54) is 6.07 Å². The summed E-state index contributed by atoms with van der Waals surface area (Å²) in [7, 11) is 0. The van der Waals surface area contributed by atoms with Crippen molar-refractivity contribution in [2.24, 2.45) is 5.92 Å². The third kappa shape index (κ3) is 1.54. The molecular formula is C13H14N2O3. The van der Waals surface area contributed by atoms with Crippen LogP contribution in [0.5, 0.6) is 0 Å². The van der Waals surface area contributed by atoms with E-state index in [2.05, 4.69) is 10.6 Å². The van der Waals surface area contributed by atoms with Gasteiger partial charge in [-0.3, -0.25) is 4.79 Å². The molecule has 1 unspecified atom stereocenters. The molecular weight excluding hydrogens is 232 g/mol. The molecule has 1 atom stereocenters. The quantitative estimate of drug-likeness (QED) is 0.745. The van der Waals surface area contributed by atoms with Crippen molar-refractivity contribution in [3.8, 4) is 0 Å². The van der Waals surface area contributed by atoms with Crippen molar-refractivity contribution in [3.05, 3.63) is 23.8 Å². The van der Waals surface area contributed by atoms with Crippen LogP contribution in [-0.4, -0.2) is 22.5 Å². The summed E-state index contributed by atoms with van der Waals surface area (Å²) in [6.07, 6.45) is 2.07. The van der Waals surface area contributed by atoms with Gasteiger partial charge >= 0.3 is 5.97 Å². The van der Waals surface area contributed by atoms with Crippen molar-refractivity contribution >= 4 is 23.3 Å². The monoisotopic (exact) mass is 246 g/mol. The smallest absolute Gasteiger partial charge is 0.335 e. The van der Waals surface area contributed by atoms with Gasteiger partial charge < -0.3 is 15.7 Å². The number of nitrogens with one attached hydrogen (secondary N) is 2. The third-order valence-electron chi connectivity index (χ3n) is 3.77. The zero-order valence-electron chi connectivity index (χ0n) is 9.99. The second kappa shape index (κ2) is 3.48. The summed E-state index contributed by atoms with van der Waals surface area (Å²) >= 11 is 0. The number of carbonyl (C=O) groups excluding carboxylic acids is 1. The van der Waals surface area contributed by atoms with Gasteiger partial charge in [-0.05, 0) is 43.9 Å². The Hall–Kier alpha value is -2.04. The Kier molecular flexibility index (Phi) is 2.14. The molecule has 1 aromatic carbocycles. The molecule has 0 spiro atoms. The largest absolute Gasteiger partial charge is 0.478 e. The van der Waals surface area contributed by atoms with E-state index in [4.69, 9.17) is 5.11 Å². The molecule has 94 valence electrons. The van der Waals surface area contributed by atoms with Crippen LogP contribution in [0.4, 0.5) is 11.4 Å². The minimum atomic E-state index is -0.968. The van der Waals surface area contributed by atoms with E-state index < -0.39 is 11.5 Å². The van der Waals surface area contributed by atoms with E-state index in [0.29, 0.717) is 17.3 Å². The van der Waals surface area contributed by atoms with Crippen LogP contribution >= 0.6 is 0 Å². The topological polar surface area (TPSA) is 78.4 Å². The highest BCUT2D eigenvalue weighted by atomic mass is 16.4. The van der Waals surface area contributed by atoms with Crippen LogP contribution in [-0.2, 0) is 4.79 Å². The Morgan fingerprint density at radius 3 is 2.72 bits per heavy atom. The van der Waals surface area contributed by atoms with Crippen LogP contribution < -0.4 is 10.6 Å². The van der Waals surface area contributed by atoms with Gasteiger partial charge in [0.05, 0.1) is 16.9 Å². The van der Waals surface area contributed by atoms with E-state index >= 15 is 0 Å². The van der Waals surface area contributed by atoms with E-state index in [9.17, 15) is 9.59 Å². The average molecular weight is 246 g/mol. The van der Waals surface area contributed by atoms with Gasteiger partial charge in [-0.2, -0.15) is 0 Å².